The molecule has 1 N–H and O–H groups in total. The smallest absolute Gasteiger partial charge is 0.266 e. The SMILES string of the molecule is O=C(NS(=O)(=O)c1ccc(F)cc1F)c1nnn(-c2ccc(Cl)cc2Cl)c1C(F)(F)F. The summed E-state index contributed by atoms with van der Waals surface area (Å²) in [5, 5.41) is 6.18. The average Bonchev–Trinajstić information content (AvgIpc) is 3.06. The first-order chi connectivity index (χ1) is 14.3. The Labute approximate surface area is 180 Å². The van der Waals surface area contributed by atoms with Gasteiger partial charge in [0.1, 0.15) is 16.5 Å². The van der Waals surface area contributed by atoms with Crippen LogP contribution in [0, 0.1) is 11.6 Å². The summed E-state index contributed by atoms with van der Waals surface area (Å²) >= 11 is 11.6. The van der Waals surface area contributed by atoms with Crippen molar-refractivity contribution in [2.45, 2.75) is 11.1 Å². The van der Waals surface area contributed by atoms with Gasteiger partial charge in [0.2, 0.25) is 0 Å². The monoisotopic (exact) mass is 500 g/mol. The van der Waals surface area contributed by atoms with Crippen LogP contribution in [-0.4, -0.2) is 29.3 Å². The molecule has 0 aliphatic rings. The van der Waals surface area contributed by atoms with Crippen LogP contribution in [0.25, 0.3) is 5.69 Å². The van der Waals surface area contributed by atoms with Crippen molar-refractivity contribution in [1.29, 1.82) is 0 Å². The number of carbonyl (C=O) groups excluding carboxylic acids is 1. The van der Waals surface area contributed by atoms with Gasteiger partial charge in [0.25, 0.3) is 15.9 Å². The van der Waals surface area contributed by atoms with Crippen molar-refractivity contribution in [2.24, 2.45) is 0 Å². The van der Waals surface area contributed by atoms with E-state index in [-0.39, 0.29) is 26.5 Å². The molecule has 2 aromatic carbocycles. The van der Waals surface area contributed by atoms with Crippen LogP contribution in [0.15, 0.2) is 41.3 Å². The summed E-state index contributed by atoms with van der Waals surface area (Å²) in [5.41, 5.74) is -3.52. The summed E-state index contributed by atoms with van der Waals surface area (Å²) in [6.07, 6.45) is -5.23. The van der Waals surface area contributed by atoms with Gasteiger partial charge in [0, 0.05) is 11.1 Å². The number of sulfonamides is 1. The average molecular weight is 501 g/mol. The van der Waals surface area contributed by atoms with Crippen molar-refractivity contribution in [3.63, 3.8) is 0 Å². The Balaban J connectivity index is 2.07. The van der Waals surface area contributed by atoms with Crippen LogP contribution in [-0.2, 0) is 16.2 Å². The van der Waals surface area contributed by atoms with Gasteiger partial charge in [-0.3, -0.25) is 4.79 Å². The third-order valence-corrected chi connectivity index (χ3v) is 5.60. The molecule has 15 heteroatoms. The molecule has 3 rings (SSSR count). The number of hydrogen-bond donors (Lipinski definition) is 1. The Bertz CT molecular complexity index is 1290. The van der Waals surface area contributed by atoms with E-state index >= 15 is 0 Å². The van der Waals surface area contributed by atoms with Crippen molar-refractivity contribution < 1.29 is 35.2 Å². The summed E-state index contributed by atoms with van der Waals surface area (Å²) in [6, 6.07) is 4.69. The standard InChI is InChI=1S/C16H7Cl2F5N4O3S/c17-7-1-3-11(9(18)5-7)27-14(16(21,22)23)13(24-26-27)15(28)25-31(29,30)12-4-2-8(19)6-10(12)20/h1-6H,(H,25,28). The lowest BCUT2D eigenvalue weighted by Crippen LogP contribution is -2.33. The van der Waals surface area contributed by atoms with Crippen LogP contribution >= 0.6 is 23.2 Å². The fourth-order valence-electron chi connectivity index (χ4n) is 2.43. The predicted molar refractivity (Wildman–Crippen MR) is 97.4 cm³/mol. The van der Waals surface area contributed by atoms with E-state index in [0.29, 0.717) is 12.1 Å². The van der Waals surface area contributed by atoms with Crippen molar-refractivity contribution >= 4 is 39.1 Å². The minimum Gasteiger partial charge on any atom is -0.266 e. The first kappa shape index (κ1) is 22.9. The minimum absolute atomic E-state index is 0.104. The van der Waals surface area contributed by atoms with Gasteiger partial charge in [0.05, 0.1) is 10.7 Å². The molecule has 0 fully saturated rings. The fourth-order valence-corrected chi connectivity index (χ4v) is 3.93. The van der Waals surface area contributed by atoms with Crippen LogP contribution in [0.3, 0.4) is 0 Å². The lowest BCUT2D eigenvalue weighted by molar-refractivity contribution is -0.143. The molecule has 0 radical (unpaired) electrons. The lowest BCUT2D eigenvalue weighted by Gasteiger charge is -2.12. The van der Waals surface area contributed by atoms with E-state index in [9.17, 15) is 35.2 Å². The van der Waals surface area contributed by atoms with E-state index < -0.39 is 50.0 Å². The highest BCUT2D eigenvalue weighted by atomic mass is 35.5. The first-order valence-electron chi connectivity index (χ1n) is 7.82. The summed E-state index contributed by atoms with van der Waals surface area (Å²) in [6.45, 7) is 0. The highest BCUT2D eigenvalue weighted by molar-refractivity contribution is 7.90. The maximum Gasteiger partial charge on any atom is 0.435 e. The zero-order valence-electron chi connectivity index (χ0n) is 14.6. The highest BCUT2D eigenvalue weighted by Gasteiger charge is 2.43. The molecular formula is C16H7Cl2F5N4O3S. The van der Waals surface area contributed by atoms with Crippen LogP contribution in [0.2, 0.25) is 10.0 Å². The molecule has 0 saturated heterocycles. The predicted octanol–water partition coefficient (Wildman–Crippen LogP) is 3.99. The van der Waals surface area contributed by atoms with Crippen LogP contribution in [0.1, 0.15) is 16.2 Å². The molecular weight excluding hydrogens is 494 g/mol. The minimum atomic E-state index is -5.23. The summed E-state index contributed by atoms with van der Waals surface area (Å²) in [5.74, 6) is -4.52. The molecule has 0 atom stereocenters. The molecule has 7 nitrogen and oxygen atoms in total. The second-order valence-corrected chi connectivity index (χ2v) is 8.30. The number of amides is 1. The van der Waals surface area contributed by atoms with Crippen molar-refractivity contribution in [2.75, 3.05) is 0 Å². The second-order valence-electron chi connectivity index (χ2n) is 5.80. The number of halogens is 7. The number of rotatable bonds is 4. The zero-order chi connectivity index (χ0) is 23.1. The van der Waals surface area contributed by atoms with Gasteiger partial charge in [-0.2, -0.15) is 13.2 Å². The number of nitrogens with zero attached hydrogens (tertiary/aromatic N) is 3. The number of carbonyl (C=O) groups is 1. The van der Waals surface area contributed by atoms with Gasteiger partial charge in [-0.25, -0.2) is 26.6 Å². The van der Waals surface area contributed by atoms with Gasteiger partial charge >= 0.3 is 6.18 Å². The molecule has 0 unspecified atom stereocenters. The Morgan fingerprint density at radius 2 is 1.74 bits per heavy atom. The molecule has 0 aliphatic carbocycles. The van der Waals surface area contributed by atoms with Gasteiger partial charge in [-0.15, -0.1) is 5.10 Å². The largest absolute Gasteiger partial charge is 0.435 e. The van der Waals surface area contributed by atoms with Gasteiger partial charge < -0.3 is 0 Å². The Kier molecular flexibility index (Phi) is 5.95. The Morgan fingerprint density at radius 3 is 2.32 bits per heavy atom. The van der Waals surface area contributed by atoms with Crippen LogP contribution < -0.4 is 4.72 Å². The molecule has 1 amide bonds. The quantitative estimate of drug-likeness (QED) is 0.546. The highest BCUT2D eigenvalue weighted by Crippen LogP contribution is 2.35. The fraction of sp³-hybridized carbons (Fsp3) is 0.0625. The summed E-state index contributed by atoms with van der Waals surface area (Å²) < 4.78 is 93.6. The topological polar surface area (TPSA) is 93.9 Å². The van der Waals surface area contributed by atoms with E-state index in [2.05, 4.69) is 10.3 Å². The van der Waals surface area contributed by atoms with Gasteiger partial charge in [-0.1, -0.05) is 28.4 Å². The van der Waals surface area contributed by atoms with Gasteiger partial charge in [0.15, 0.2) is 11.4 Å². The Hall–Kier alpha value is -2.77. The Morgan fingerprint density at radius 1 is 1.06 bits per heavy atom. The maximum absolute atomic E-state index is 13.8. The molecule has 0 saturated carbocycles. The summed E-state index contributed by atoms with van der Waals surface area (Å²) in [4.78, 5) is 11.1. The molecule has 164 valence electrons. The molecule has 1 heterocycles. The van der Waals surface area contributed by atoms with E-state index in [0.717, 1.165) is 12.1 Å². The molecule has 0 bridgehead atoms. The molecule has 3 aromatic rings. The number of alkyl halides is 3. The normalized spacial score (nSPS) is 12.1. The van der Waals surface area contributed by atoms with E-state index in [1.54, 1.807) is 0 Å². The third kappa shape index (κ3) is 4.62. The van der Waals surface area contributed by atoms with Crippen LogP contribution in [0.4, 0.5) is 22.0 Å². The number of nitrogens with one attached hydrogen (secondary N) is 1. The zero-order valence-corrected chi connectivity index (χ0v) is 16.9. The van der Waals surface area contributed by atoms with Crippen molar-refractivity contribution in [1.82, 2.24) is 19.7 Å². The molecule has 1 aromatic heterocycles. The lowest BCUT2D eigenvalue weighted by atomic mass is 10.2. The van der Waals surface area contributed by atoms with E-state index in [1.807, 2.05) is 0 Å². The van der Waals surface area contributed by atoms with E-state index in [4.69, 9.17) is 23.2 Å². The third-order valence-electron chi connectivity index (χ3n) is 3.70. The number of aromatic nitrogens is 3. The van der Waals surface area contributed by atoms with E-state index in [1.165, 1.54) is 10.8 Å². The van der Waals surface area contributed by atoms with Crippen LogP contribution in [0.5, 0.6) is 0 Å². The molecule has 31 heavy (non-hydrogen) atoms. The summed E-state index contributed by atoms with van der Waals surface area (Å²) in [7, 11) is -5.02. The van der Waals surface area contributed by atoms with Crippen molar-refractivity contribution in [3.05, 3.63) is 69.5 Å². The number of benzene rings is 2. The van der Waals surface area contributed by atoms with Crippen molar-refractivity contribution in [3.8, 4) is 5.69 Å². The molecule has 0 aliphatic heterocycles. The molecule has 0 spiro atoms. The first-order valence-corrected chi connectivity index (χ1v) is 10.1. The van der Waals surface area contributed by atoms with Gasteiger partial charge in [-0.05, 0) is 30.3 Å². The number of hydrogen-bond acceptors (Lipinski definition) is 5. The second kappa shape index (κ2) is 8.05. The maximum atomic E-state index is 13.8.